The van der Waals surface area contributed by atoms with Crippen LogP contribution in [0.1, 0.15) is 11.1 Å². The molecule has 150 valence electrons. The van der Waals surface area contributed by atoms with E-state index in [-0.39, 0.29) is 5.57 Å². The molecule has 0 saturated heterocycles. The van der Waals surface area contributed by atoms with E-state index < -0.39 is 5.91 Å². The number of benzene rings is 3. The van der Waals surface area contributed by atoms with Crippen molar-refractivity contribution in [3.63, 3.8) is 0 Å². The number of amides is 1. The molecule has 3 aromatic rings. The third kappa shape index (κ3) is 5.96. The highest BCUT2D eigenvalue weighted by Gasteiger charge is 2.12. The third-order valence-electron chi connectivity index (χ3n) is 4.08. The Bertz CT molecular complexity index is 1140. The minimum Gasteiger partial charge on any atom is -0.488 e. The molecule has 0 aliphatic carbocycles. The van der Waals surface area contributed by atoms with Crippen molar-refractivity contribution in [2.45, 2.75) is 6.61 Å². The number of carbonyl (C=O) groups excluding carboxylic acids is 1. The molecule has 0 spiro atoms. The maximum absolute atomic E-state index is 12.6. The zero-order valence-corrected chi connectivity index (χ0v) is 19.5. The first-order chi connectivity index (χ1) is 14.5. The number of nitrogens with one attached hydrogen (secondary N) is 1. The number of nitriles is 1. The molecule has 0 aliphatic heterocycles. The Morgan fingerprint density at radius 1 is 1.10 bits per heavy atom. The van der Waals surface area contributed by atoms with E-state index in [2.05, 4.69) is 37.2 Å². The van der Waals surface area contributed by atoms with Gasteiger partial charge in [-0.15, -0.1) is 0 Å². The van der Waals surface area contributed by atoms with Crippen molar-refractivity contribution >= 4 is 61.1 Å². The molecule has 0 bridgehead atoms. The molecule has 0 aliphatic rings. The van der Waals surface area contributed by atoms with Gasteiger partial charge in [-0.3, -0.25) is 4.79 Å². The summed E-state index contributed by atoms with van der Waals surface area (Å²) >= 11 is 12.8. The van der Waals surface area contributed by atoms with Crippen LogP contribution < -0.4 is 10.1 Å². The average Bonchev–Trinajstić information content (AvgIpc) is 2.74. The van der Waals surface area contributed by atoms with Gasteiger partial charge in [-0.2, -0.15) is 5.26 Å². The number of nitrogens with zero attached hydrogens (tertiary/aromatic N) is 1. The summed E-state index contributed by atoms with van der Waals surface area (Å²) in [5.41, 5.74) is 2.09. The molecule has 0 radical (unpaired) electrons. The molecule has 0 aromatic heterocycles. The van der Waals surface area contributed by atoms with E-state index in [4.69, 9.17) is 16.3 Å². The highest BCUT2D eigenvalue weighted by Crippen LogP contribution is 2.28. The smallest absolute Gasteiger partial charge is 0.266 e. The number of halogens is 3. The molecular formula is C23H15Br2ClN2O2. The second-order valence-electron chi connectivity index (χ2n) is 6.19. The standard InChI is InChI=1S/C23H15Br2ClN2O2/c24-18-5-10-22(30-14-15-3-1-2-4-21(15)25)16(12-18)11-17(13-27)23(29)28-20-8-6-19(26)7-9-20/h1-12H,14H2,(H,28,29)/b17-11+. The van der Waals surface area contributed by atoms with Crippen LogP contribution in [-0.4, -0.2) is 5.91 Å². The number of anilines is 1. The molecule has 1 N–H and O–H groups in total. The zero-order valence-electron chi connectivity index (χ0n) is 15.5. The molecule has 0 fully saturated rings. The molecule has 0 atom stereocenters. The highest BCUT2D eigenvalue weighted by atomic mass is 79.9. The Balaban J connectivity index is 1.83. The van der Waals surface area contributed by atoms with E-state index in [0.29, 0.717) is 28.6 Å². The summed E-state index contributed by atoms with van der Waals surface area (Å²) in [5, 5.41) is 12.8. The van der Waals surface area contributed by atoms with Gasteiger partial charge in [0.1, 0.15) is 24.0 Å². The van der Waals surface area contributed by atoms with Crippen molar-refractivity contribution in [2.75, 3.05) is 5.32 Å². The van der Waals surface area contributed by atoms with Crippen LogP contribution in [0.25, 0.3) is 6.08 Å². The van der Waals surface area contributed by atoms with Gasteiger partial charge in [0.25, 0.3) is 5.91 Å². The Labute approximate surface area is 196 Å². The van der Waals surface area contributed by atoms with Gasteiger partial charge in [-0.05, 0) is 54.6 Å². The molecular weight excluding hydrogens is 532 g/mol. The highest BCUT2D eigenvalue weighted by molar-refractivity contribution is 9.10. The molecule has 1 amide bonds. The summed E-state index contributed by atoms with van der Waals surface area (Å²) in [7, 11) is 0. The van der Waals surface area contributed by atoms with Crippen LogP contribution >= 0.6 is 43.5 Å². The molecule has 3 aromatic carbocycles. The largest absolute Gasteiger partial charge is 0.488 e. The first-order valence-electron chi connectivity index (χ1n) is 8.81. The van der Waals surface area contributed by atoms with Gasteiger partial charge in [0.05, 0.1) is 0 Å². The van der Waals surface area contributed by atoms with Crippen LogP contribution in [-0.2, 0) is 11.4 Å². The van der Waals surface area contributed by atoms with Crippen LogP contribution in [0.2, 0.25) is 5.02 Å². The van der Waals surface area contributed by atoms with Crippen molar-refractivity contribution in [3.8, 4) is 11.8 Å². The predicted octanol–water partition coefficient (Wildman–Crippen LogP) is 6.99. The molecule has 30 heavy (non-hydrogen) atoms. The topological polar surface area (TPSA) is 62.1 Å². The lowest BCUT2D eigenvalue weighted by molar-refractivity contribution is -0.112. The lowest BCUT2D eigenvalue weighted by atomic mass is 10.1. The van der Waals surface area contributed by atoms with E-state index in [1.807, 2.05) is 36.4 Å². The number of hydrogen-bond acceptors (Lipinski definition) is 3. The Morgan fingerprint density at radius 2 is 1.83 bits per heavy atom. The van der Waals surface area contributed by atoms with Gasteiger partial charge in [-0.25, -0.2) is 0 Å². The lowest BCUT2D eigenvalue weighted by Crippen LogP contribution is -2.13. The van der Waals surface area contributed by atoms with E-state index in [1.54, 1.807) is 36.4 Å². The fraction of sp³-hybridized carbons (Fsp3) is 0.0435. The number of carbonyl (C=O) groups is 1. The van der Waals surface area contributed by atoms with Crippen molar-refractivity contribution in [1.29, 1.82) is 5.26 Å². The second kappa shape index (κ2) is 10.4. The summed E-state index contributed by atoms with van der Waals surface area (Å²) in [4.78, 5) is 12.6. The van der Waals surface area contributed by atoms with Crippen LogP contribution in [0.15, 0.2) is 81.2 Å². The molecule has 0 heterocycles. The SMILES string of the molecule is N#C/C(=C\c1cc(Br)ccc1OCc1ccccc1Br)C(=O)Nc1ccc(Cl)cc1. The predicted molar refractivity (Wildman–Crippen MR) is 126 cm³/mol. The van der Waals surface area contributed by atoms with Gasteiger partial charge < -0.3 is 10.1 Å². The molecule has 0 unspecified atom stereocenters. The van der Waals surface area contributed by atoms with E-state index in [9.17, 15) is 10.1 Å². The maximum Gasteiger partial charge on any atom is 0.266 e. The van der Waals surface area contributed by atoms with Crippen molar-refractivity contribution in [2.24, 2.45) is 0 Å². The first kappa shape index (κ1) is 22.1. The molecule has 7 heteroatoms. The summed E-state index contributed by atoms with van der Waals surface area (Å²) in [5.74, 6) is 0.0394. The van der Waals surface area contributed by atoms with Crippen molar-refractivity contribution < 1.29 is 9.53 Å². The normalized spacial score (nSPS) is 10.9. The van der Waals surface area contributed by atoms with Crippen LogP contribution in [0.4, 0.5) is 5.69 Å². The number of rotatable bonds is 6. The van der Waals surface area contributed by atoms with Gasteiger partial charge in [0, 0.05) is 30.8 Å². The second-order valence-corrected chi connectivity index (χ2v) is 8.40. The van der Waals surface area contributed by atoms with Gasteiger partial charge in [-0.1, -0.05) is 61.7 Å². The third-order valence-corrected chi connectivity index (χ3v) is 5.60. The fourth-order valence-corrected chi connectivity index (χ4v) is 3.47. The number of hydrogen-bond donors (Lipinski definition) is 1. The zero-order chi connectivity index (χ0) is 21.5. The average molecular weight is 547 g/mol. The Hall–Kier alpha value is -2.59. The Kier molecular flexibility index (Phi) is 7.69. The maximum atomic E-state index is 12.6. The van der Waals surface area contributed by atoms with Crippen LogP contribution in [0.5, 0.6) is 5.75 Å². The first-order valence-corrected chi connectivity index (χ1v) is 10.8. The monoisotopic (exact) mass is 544 g/mol. The quantitative estimate of drug-likeness (QED) is 0.268. The lowest BCUT2D eigenvalue weighted by Gasteiger charge is -2.11. The van der Waals surface area contributed by atoms with E-state index >= 15 is 0 Å². The van der Waals surface area contributed by atoms with Crippen LogP contribution in [0.3, 0.4) is 0 Å². The van der Waals surface area contributed by atoms with Crippen molar-refractivity contribution in [1.82, 2.24) is 0 Å². The molecule has 0 saturated carbocycles. The van der Waals surface area contributed by atoms with Gasteiger partial charge in [0.15, 0.2) is 0 Å². The summed E-state index contributed by atoms with van der Waals surface area (Å²) in [6.45, 7) is 0.336. The number of ether oxygens (including phenoxy) is 1. The summed E-state index contributed by atoms with van der Waals surface area (Å²) < 4.78 is 7.71. The Morgan fingerprint density at radius 3 is 2.53 bits per heavy atom. The minimum absolute atomic E-state index is 0.0474. The van der Waals surface area contributed by atoms with Gasteiger partial charge >= 0.3 is 0 Å². The summed E-state index contributed by atoms with van der Waals surface area (Å²) in [6, 6.07) is 21.8. The molecule has 3 rings (SSSR count). The fourth-order valence-electron chi connectivity index (χ4n) is 2.57. The van der Waals surface area contributed by atoms with Crippen LogP contribution in [0, 0.1) is 11.3 Å². The van der Waals surface area contributed by atoms with E-state index in [1.165, 1.54) is 6.08 Å². The summed E-state index contributed by atoms with van der Waals surface area (Å²) in [6.07, 6.45) is 1.51. The minimum atomic E-state index is -0.517. The molecule has 4 nitrogen and oxygen atoms in total. The van der Waals surface area contributed by atoms with Crippen molar-refractivity contribution in [3.05, 3.63) is 97.4 Å². The van der Waals surface area contributed by atoms with Gasteiger partial charge in [0.2, 0.25) is 0 Å². The van der Waals surface area contributed by atoms with E-state index in [0.717, 1.165) is 14.5 Å².